The lowest BCUT2D eigenvalue weighted by atomic mass is 9.99. The van der Waals surface area contributed by atoms with Gasteiger partial charge in [0.25, 0.3) is 0 Å². The summed E-state index contributed by atoms with van der Waals surface area (Å²) in [7, 11) is 1.31. The molecular weight excluding hydrogens is 268 g/mol. The molecule has 3 aliphatic heterocycles. The van der Waals surface area contributed by atoms with Crippen molar-refractivity contribution in [1.29, 1.82) is 0 Å². The highest BCUT2D eigenvalue weighted by Crippen LogP contribution is 2.44. The van der Waals surface area contributed by atoms with E-state index in [4.69, 9.17) is 28.4 Å². The Morgan fingerprint density at radius 1 is 0.900 bits per heavy atom. The van der Waals surface area contributed by atoms with Crippen LogP contribution < -0.4 is 0 Å². The Hall–Kier alpha value is -0.730. The highest BCUT2D eigenvalue weighted by molar-refractivity contribution is 5.75. The molecule has 0 radical (unpaired) electrons. The maximum atomic E-state index is 11.9. The first-order valence-electron chi connectivity index (χ1n) is 6.67. The lowest BCUT2D eigenvalue weighted by Gasteiger charge is -2.35. The van der Waals surface area contributed by atoms with Gasteiger partial charge in [0.05, 0.1) is 7.11 Å². The van der Waals surface area contributed by atoms with Crippen LogP contribution in [-0.4, -0.2) is 55.4 Å². The third-order valence-corrected chi connectivity index (χ3v) is 3.59. The highest BCUT2D eigenvalue weighted by atomic mass is 16.9. The molecule has 0 aromatic rings. The van der Waals surface area contributed by atoms with Gasteiger partial charge < -0.3 is 28.4 Å². The van der Waals surface area contributed by atoms with Gasteiger partial charge in [-0.25, -0.2) is 4.79 Å². The number of rotatable bonds is 1. The molecule has 3 heterocycles. The van der Waals surface area contributed by atoms with Gasteiger partial charge in [0, 0.05) is 0 Å². The van der Waals surface area contributed by atoms with Crippen LogP contribution in [0, 0.1) is 0 Å². The second-order valence-corrected chi connectivity index (χ2v) is 6.11. The molecule has 7 heteroatoms. The van der Waals surface area contributed by atoms with Crippen LogP contribution in [-0.2, 0) is 33.2 Å². The van der Waals surface area contributed by atoms with E-state index in [1.807, 2.05) is 0 Å². The van der Waals surface area contributed by atoms with Gasteiger partial charge in [-0.1, -0.05) is 0 Å². The van der Waals surface area contributed by atoms with E-state index in [2.05, 4.69) is 0 Å². The van der Waals surface area contributed by atoms with Crippen molar-refractivity contribution in [3.8, 4) is 0 Å². The van der Waals surface area contributed by atoms with E-state index in [9.17, 15) is 4.79 Å². The topological polar surface area (TPSA) is 72.5 Å². The molecule has 0 aromatic carbocycles. The molecule has 3 rings (SSSR count). The number of carbonyl (C=O) groups excluding carboxylic acids is 1. The maximum Gasteiger partial charge on any atom is 0.337 e. The van der Waals surface area contributed by atoms with Gasteiger partial charge in [0.2, 0.25) is 0 Å². The van der Waals surface area contributed by atoms with Crippen LogP contribution in [0.25, 0.3) is 0 Å². The molecule has 3 aliphatic rings. The number of fused-ring (bicyclic) bond motifs is 3. The van der Waals surface area contributed by atoms with Gasteiger partial charge in [-0.3, -0.25) is 0 Å². The lowest BCUT2D eigenvalue weighted by Crippen LogP contribution is -2.57. The Bertz CT molecular complexity index is 419. The van der Waals surface area contributed by atoms with Crippen molar-refractivity contribution in [3.63, 3.8) is 0 Å². The molecule has 0 amide bonds. The highest BCUT2D eigenvalue weighted by Gasteiger charge is 2.62. The monoisotopic (exact) mass is 288 g/mol. The fourth-order valence-electron chi connectivity index (χ4n) is 2.92. The van der Waals surface area contributed by atoms with E-state index in [1.54, 1.807) is 27.7 Å². The minimum Gasteiger partial charge on any atom is -0.467 e. The first-order valence-corrected chi connectivity index (χ1v) is 6.67. The van der Waals surface area contributed by atoms with Crippen LogP contribution >= 0.6 is 0 Å². The van der Waals surface area contributed by atoms with Gasteiger partial charge in [0.1, 0.15) is 18.3 Å². The molecule has 5 atom stereocenters. The van der Waals surface area contributed by atoms with Crippen LogP contribution in [0.3, 0.4) is 0 Å². The third-order valence-electron chi connectivity index (χ3n) is 3.59. The van der Waals surface area contributed by atoms with E-state index in [0.717, 1.165) is 0 Å². The molecule has 20 heavy (non-hydrogen) atoms. The van der Waals surface area contributed by atoms with Gasteiger partial charge in [-0.15, -0.1) is 0 Å². The largest absolute Gasteiger partial charge is 0.467 e. The molecule has 0 bridgehead atoms. The summed E-state index contributed by atoms with van der Waals surface area (Å²) in [5, 5.41) is 0. The van der Waals surface area contributed by atoms with Crippen LogP contribution in [0.15, 0.2) is 0 Å². The molecule has 0 N–H and O–H groups in total. The normalized spacial score (nSPS) is 44.8. The second kappa shape index (κ2) is 4.38. The fraction of sp³-hybridized carbons (Fsp3) is 0.923. The molecule has 114 valence electrons. The predicted octanol–water partition coefficient (Wildman–Crippen LogP) is 0.556. The van der Waals surface area contributed by atoms with E-state index in [1.165, 1.54) is 7.11 Å². The first-order chi connectivity index (χ1) is 9.22. The van der Waals surface area contributed by atoms with Crippen molar-refractivity contribution < 1.29 is 33.2 Å². The molecule has 0 spiro atoms. The number of ether oxygens (including phenoxy) is 6. The molecule has 0 aliphatic carbocycles. The molecule has 3 saturated heterocycles. The fourth-order valence-corrected chi connectivity index (χ4v) is 2.92. The van der Waals surface area contributed by atoms with E-state index >= 15 is 0 Å². The van der Waals surface area contributed by atoms with Crippen molar-refractivity contribution in [2.24, 2.45) is 0 Å². The molecule has 0 unspecified atom stereocenters. The molecular formula is C13H20O7. The average Bonchev–Trinajstić information content (AvgIpc) is 2.81. The smallest absolute Gasteiger partial charge is 0.337 e. The van der Waals surface area contributed by atoms with Crippen LogP contribution in [0.2, 0.25) is 0 Å². The van der Waals surface area contributed by atoms with Gasteiger partial charge >= 0.3 is 5.97 Å². The van der Waals surface area contributed by atoms with Crippen LogP contribution in [0.1, 0.15) is 27.7 Å². The quantitative estimate of drug-likeness (QED) is 0.653. The van der Waals surface area contributed by atoms with Crippen LogP contribution in [0.4, 0.5) is 0 Å². The Morgan fingerprint density at radius 3 is 2.10 bits per heavy atom. The number of hydrogen-bond donors (Lipinski definition) is 0. The minimum atomic E-state index is -0.884. The number of hydrogen-bond acceptors (Lipinski definition) is 7. The summed E-state index contributed by atoms with van der Waals surface area (Å²) in [6.45, 7) is 7.15. The third kappa shape index (κ3) is 2.23. The molecule has 7 nitrogen and oxygen atoms in total. The summed E-state index contributed by atoms with van der Waals surface area (Å²) >= 11 is 0. The zero-order valence-electron chi connectivity index (χ0n) is 12.2. The van der Waals surface area contributed by atoms with Gasteiger partial charge in [0.15, 0.2) is 24.0 Å². The molecule has 0 saturated carbocycles. The number of carbonyl (C=O) groups is 1. The van der Waals surface area contributed by atoms with Crippen molar-refractivity contribution in [2.75, 3.05) is 7.11 Å². The summed E-state index contributed by atoms with van der Waals surface area (Å²) < 4.78 is 33.6. The number of esters is 1. The van der Waals surface area contributed by atoms with Crippen molar-refractivity contribution in [3.05, 3.63) is 0 Å². The van der Waals surface area contributed by atoms with Crippen molar-refractivity contribution >= 4 is 5.97 Å². The minimum absolute atomic E-state index is 0.433. The predicted molar refractivity (Wildman–Crippen MR) is 64.5 cm³/mol. The molecule has 3 fully saturated rings. The van der Waals surface area contributed by atoms with E-state index < -0.39 is 48.2 Å². The van der Waals surface area contributed by atoms with Crippen LogP contribution in [0.5, 0.6) is 0 Å². The van der Waals surface area contributed by atoms with Crippen molar-refractivity contribution in [1.82, 2.24) is 0 Å². The average molecular weight is 288 g/mol. The zero-order valence-corrected chi connectivity index (χ0v) is 12.2. The SMILES string of the molecule is COC(=O)[C@H]1O[C@@H]2OC(C)(C)O[C@@H]2[C@H]2OC(C)(C)O[C@H]21. The summed E-state index contributed by atoms with van der Waals surface area (Å²) in [5.74, 6) is -2.11. The zero-order chi connectivity index (χ0) is 14.7. The lowest BCUT2D eigenvalue weighted by molar-refractivity contribution is -0.238. The van der Waals surface area contributed by atoms with Gasteiger partial charge in [-0.2, -0.15) is 0 Å². The Balaban J connectivity index is 1.90. The maximum absolute atomic E-state index is 11.9. The van der Waals surface area contributed by atoms with E-state index in [-0.39, 0.29) is 0 Å². The van der Waals surface area contributed by atoms with E-state index in [0.29, 0.717) is 0 Å². The van der Waals surface area contributed by atoms with Crippen molar-refractivity contribution in [2.45, 2.75) is 70.0 Å². The first kappa shape index (κ1) is 14.2. The Morgan fingerprint density at radius 2 is 1.45 bits per heavy atom. The second-order valence-electron chi connectivity index (χ2n) is 6.11. The summed E-state index contributed by atoms with van der Waals surface area (Å²) in [6, 6.07) is 0. The Labute approximate surface area is 117 Å². The standard InChI is InChI=1S/C13H20O7/c1-12(2)17-6-7(18-12)9-11(20-13(3,4)19-9)16-8(6)10(14)15-5/h6-9,11H,1-5H3/t6-,7+,8+,9-,11-/m1/s1. The Kier molecular flexibility index (Phi) is 3.11. The summed E-state index contributed by atoms with van der Waals surface area (Å²) in [4.78, 5) is 11.9. The summed E-state index contributed by atoms with van der Waals surface area (Å²) in [6.07, 6.45) is -3.00. The molecule has 0 aromatic heterocycles. The number of methoxy groups -OCH3 is 1. The van der Waals surface area contributed by atoms with Gasteiger partial charge in [-0.05, 0) is 27.7 Å². The summed E-state index contributed by atoms with van der Waals surface area (Å²) in [5.41, 5.74) is 0.